The van der Waals surface area contributed by atoms with Crippen LogP contribution in [0.4, 0.5) is 5.69 Å². The van der Waals surface area contributed by atoms with Gasteiger partial charge in [0.05, 0.1) is 23.1 Å². The normalized spacial score (nSPS) is 9.93. The lowest BCUT2D eigenvalue weighted by Crippen LogP contribution is -2.10. The van der Waals surface area contributed by atoms with Crippen molar-refractivity contribution in [3.05, 3.63) is 34.6 Å². The van der Waals surface area contributed by atoms with E-state index in [1.54, 1.807) is 12.3 Å². The molecular formula is C8H5ClN4OS. The molecule has 15 heavy (non-hydrogen) atoms. The predicted molar refractivity (Wildman–Crippen MR) is 57.1 cm³/mol. The average molecular weight is 241 g/mol. The van der Waals surface area contributed by atoms with Gasteiger partial charge in [0.25, 0.3) is 5.91 Å². The maximum atomic E-state index is 11.6. The second-order valence-corrected chi connectivity index (χ2v) is 3.78. The van der Waals surface area contributed by atoms with E-state index in [1.807, 2.05) is 0 Å². The van der Waals surface area contributed by atoms with Crippen LogP contribution in [-0.4, -0.2) is 20.5 Å². The van der Waals surface area contributed by atoms with Gasteiger partial charge >= 0.3 is 0 Å². The molecule has 0 atom stereocenters. The number of rotatable bonds is 2. The summed E-state index contributed by atoms with van der Waals surface area (Å²) in [6, 6.07) is 1.60. The number of carbonyl (C=O) groups is 1. The zero-order chi connectivity index (χ0) is 10.7. The van der Waals surface area contributed by atoms with Crippen LogP contribution < -0.4 is 5.32 Å². The van der Waals surface area contributed by atoms with Gasteiger partial charge in [0, 0.05) is 6.20 Å². The van der Waals surface area contributed by atoms with Crippen molar-refractivity contribution >= 4 is 34.7 Å². The summed E-state index contributed by atoms with van der Waals surface area (Å²) in [7, 11) is 0. The fourth-order valence-electron chi connectivity index (χ4n) is 0.921. The van der Waals surface area contributed by atoms with E-state index in [2.05, 4.69) is 19.9 Å². The summed E-state index contributed by atoms with van der Waals surface area (Å²) in [5.74, 6) is -0.292. The molecule has 2 heterocycles. The highest BCUT2D eigenvalue weighted by atomic mass is 35.5. The van der Waals surface area contributed by atoms with Gasteiger partial charge in [-0.1, -0.05) is 16.1 Å². The van der Waals surface area contributed by atoms with Gasteiger partial charge in [0.15, 0.2) is 0 Å². The molecule has 1 amide bonds. The minimum atomic E-state index is -0.292. The van der Waals surface area contributed by atoms with Crippen molar-refractivity contribution in [3.8, 4) is 0 Å². The second-order valence-electron chi connectivity index (χ2n) is 2.59. The maximum absolute atomic E-state index is 11.6. The highest BCUT2D eigenvalue weighted by Crippen LogP contribution is 2.20. The minimum Gasteiger partial charge on any atom is -0.319 e. The summed E-state index contributed by atoms with van der Waals surface area (Å²) in [5, 5.41) is 6.62. The number of anilines is 1. The van der Waals surface area contributed by atoms with E-state index in [1.165, 1.54) is 12.4 Å². The van der Waals surface area contributed by atoms with Crippen LogP contribution in [0.1, 0.15) is 9.67 Å². The van der Waals surface area contributed by atoms with Crippen LogP contribution >= 0.6 is 23.1 Å². The zero-order valence-electron chi connectivity index (χ0n) is 7.35. The molecule has 0 bridgehead atoms. The molecule has 0 aliphatic rings. The molecule has 7 heteroatoms. The number of nitrogens with zero attached hydrogens (tertiary/aromatic N) is 3. The predicted octanol–water partition coefficient (Wildman–Crippen LogP) is 1.84. The van der Waals surface area contributed by atoms with Crippen LogP contribution in [-0.2, 0) is 0 Å². The molecule has 0 spiro atoms. The van der Waals surface area contributed by atoms with Gasteiger partial charge in [0.1, 0.15) is 4.88 Å². The smallest absolute Gasteiger partial charge is 0.269 e. The Morgan fingerprint density at radius 3 is 3.00 bits per heavy atom. The quantitative estimate of drug-likeness (QED) is 0.870. The Hall–Kier alpha value is -1.53. The van der Waals surface area contributed by atoms with E-state index in [4.69, 9.17) is 11.6 Å². The van der Waals surface area contributed by atoms with Crippen molar-refractivity contribution in [1.82, 2.24) is 14.6 Å². The molecule has 1 N–H and O–H groups in total. The Kier molecular flexibility index (Phi) is 2.89. The zero-order valence-corrected chi connectivity index (χ0v) is 8.92. The number of nitrogens with one attached hydrogen (secondary N) is 1. The molecule has 5 nitrogen and oxygen atoms in total. The van der Waals surface area contributed by atoms with Gasteiger partial charge in [-0.15, -0.1) is 5.10 Å². The van der Waals surface area contributed by atoms with E-state index in [0.717, 1.165) is 11.5 Å². The third kappa shape index (κ3) is 2.28. The number of halogens is 1. The monoisotopic (exact) mass is 240 g/mol. The van der Waals surface area contributed by atoms with E-state index >= 15 is 0 Å². The maximum Gasteiger partial charge on any atom is 0.269 e. The van der Waals surface area contributed by atoms with Crippen molar-refractivity contribution < 1.29 is 4.79 Å². The molecular weight excluding hydrogens is 236 g/mol. The number of hydrogen-bond acceptors (Lipinski definition) is 5. The summed E-state index contributed by atoms with van der Waals surface area (Å²) in [6.45, 7) is 0. The first-order chi connectivity index (χ1) is 7.27. The molecule has 0 radical (unpaired) electrons. The topological polar surface area (TPSA) is 67.8 Å². The molecule has 0 aliphatic carbocycles. The van der Waals surface area contributed by atoms with Crippen molar-refractivity contribution in [2.24, 2.45) is 0 Å². The standard InChI is InChI=1S/C8H5ClN4OS/c9-5-1-2-10-3-6(5)12-8(14)7-4-11-13-15-7/h1-4H,(H,12,14). The highest BCUT2D eigenvalue weighted by molar-refractivity contribution is 7.07. The van der Waals surface area contributed by atoms with Gasteiger partial charge in [-0.25, -0.2) is 0 Å². The first-order valence-corrected chi connectivity index (χ1v) is 5.11. The Morgan fingerprint density at radius 2 is 2.33 bits per heavy atom. The number of carbonyl (C=O) groups excluding carboxylic acids is 1. The van der Waals surface area contributed by atoms with Crippen LogP contribution in [0.2, 0.25) is 5.02 Å². The molecule has 0 aromatic carbocycles. The summed E-state index contributed by atoms with van der Waals surface area (Å²) < 4.78 is 3.59. The summed E-state index contributed by atoms with van der Waals surface area (Å²) in [4.78, 5) is 15.8. The van der Waals surface area contributed by atoms with Crippen molar-refractivity contribution in [1.29, 1.82) is 0 Å². The van der Waals surface area contributed by atoms with Crippen LogP contribution in [0.3, 0.4) is 0 Å². The van der Waals surface area contributed by atoms with E-state index in [-0.39, 0.29) is 5.91 Å². The molecule has 0 unspecified atom stereocenters. The molecule has 0 fully saturated rings. The van der Waals surface area contributed by atoms with Crippen molar-refractivity contribution in [3.63, 3.8) is 0 Å². The lowest BCUT2D eigenvalue weighted by atomic mass is 10.4. The second kappa shape index (κ2) is 4.33. The molecule has 76 valence electrons. The Labute approximate surface area is 94.3 Å². The van der Waals surface area contributed by atoms with Crippen LogP contribution in [0.25, 0.3) is 0 Å². The SMILES string of the molecule is O=C(Nc1cnccc1Cl)c1cnns1. The fourth-order valence-corrected chi connectivity index (χ4v) is 1.48. The summed E-state index contributed by atoms with van der Waals surface area (Å²) in [5.41, 5.74) is 0.470. The van der Waals surface area contributed by atoms with Crippen LogP contribution in [0, 0.1) is 0 Å². The molecule has 0 aliphatic heterocycles. The van der Waals surface area contributed by atoms with Gasteiger partial charge in [-0.3, -0.25) is 9.78 Å². The molecule has 2 aromatic rings. The largest absolute Gasteiger partial charge is 0.319 e. The number of amides is 1. The third-order valence-electron chi connectivity index (χ3n) is 1.60. The number of pyridine rings is 1. The van der Waals surface area contributed by atoms with E-state index < -0.39 is 0 Å². The van der Waals surface area contributed by atoms with E-state index in [0.29, 0.717) is 15.6 Å². The first-order valence-electron chi connectivity index (χ1n) is 3.95. The Morgan fingerprint density at radius 1 is 1.47 bits per heavy atom. The number of aromatic nitrogens is 3. The lowest BCUT2D eigenvalue weighted by molar-refractivity contribution is 0.103. The van der Waals surface area contributed by atoms with Crippen molar-refractivity contribution in [2.75, 3.05) is 5.32 Å². The average Bonchev–Trinajstić information content (AvgIpc) is 2.74. The lowest BCUT2D eigenvalue weighted by Gasteiger charge is -2.03. The molecule has 2 rings (SSSR count). The third-order valence-corrected chi connectivity index (χ3v) is 2.59. The molecule has 2 aromatic heterocycles. The summed E-state index contributed by atoms with van der Waals surface area (Å²) >= 11 is 6.87. The van der Waals surface area contributed by atoms with Gasteiger partial charge in [-0.05, 0) is 17.6 Å². The fraction of sp³-hybridized carbons (Fsp3) is 0. The van der Waals surface area contributed by atoms with Gasteiger partial charge in [-0.2, -0.15) is 0 Å². The Bertz CT molecular complexity index is 473. The van der Waals surface area contributed by atoms with Crippen molar-refractivity contribution in [2.45, 2.75) is 0 Å². The van der Waals surface area contributed by atoms with E-state index in [9.17, 15) is 4.79 Å². The Balaban J connectivity index is 2.17. The summed E-state index contributed by atoms with van der Waals surface area (Å²) in [6.07, 6.45) is 4.42. The molecule has 0 saturated carbocycles. The first kappa shape index (κ1) is 10.0. The highest BCUT2D eigenvalue weighted by Gasteiger charge is 2.10. The number of hydrogen-bond donors (Lipinski definition) is 1. The van der Waals surface area contributed by atoms with Crippen LogP contribution in [0.5, 0.6) is 0 Å². The molecule has 0 saturated heterocycles. The van der Waals surface area contributed by atoms with Crippen LogP contribution in [0.15, 0.2) is 24.7 Å². The van der Waals surface area contributed by atoms with Gasteiger partial charge in [0.2, 0.25) is 0 Å². The van der Waals surface area contributed by atoms with Gasteiger partial charge < -0.3 is 5.32 Å². The minimum absolute atomic E-state index is 0.292.